The van der Waals surface area contributed by atoms with E-state index in [-0.39, 0.29) is 12.1 Å². The van der Waals surface area contributed by atoms with Crippen molar-refractivity contribution in [2.45, 2.75) is 32.4 Å². The van der Waals surface area contributed by atoms with Gasteiger partial charge in [-0.1, -0.05) is 41.9 Å². The van der Waals surface area contributed by atoms with Crippen molar-refractivity contribution < 1.29 is 0 Å². The molecule has 2 heterocycles. The maximum atomic E-state index is 6.04. The third kappa shape index (κ3) is 2.67. The third-order valence-electron chi connectivity index (χ3n) is 4.82. The number of hydrogen-bond acceptors (Lipinski definition) is 3. The van der Waals surface area contributed by atoms with Crippen molar-refractivity contribution in [3.8, 4) is 0 Å². The van der Waals surface area contributed by atoms with E-state index in [1.165, 1.54) is 22.3 Å². The maximum absolute atomic E-state index is 6.04. The van der Waals surface area contributed by atoms with Crippen LogP contribution < -0.4 is 5.32 Å². The number of aryl methyl sites for hydroxylation is 2. The van der Waals surface area contributed by atoms with E-state index >= 15 is 0 Å². The van der Waals surface area contributed by atoms with Gasteiger partial charge in [-0.25, -0.2) is 4.68 Å². The Balaban J connectivity index is 1.72. The summed E-state index contributed by atoms with van der Waals surface area (Å²) in [6.07, 6.45) is 2.52. The molecular weight excluding hydrogens is 320 g/mol. The predicted molar refractivity (Wildman–Crippen MR) is 96.5 cm³/mol. The van der Waals surface area contributed by atoms with Crippen LogP contribution in [0.5, 0.6) is 0 Å². The molecule has 1 N–H and O–H groups in total. The second-order valence-electron chi connectivity index (χ2n) is 6.37. The molecule has 3 aromatic rings. The summed E-state index contributed by atoms with van der Waals surface area (Å²) in [5.74, 6) is 0.810. The molecule has 0 fully saturated rings. The fourth-order valence-electron chi connectivity index (χ4n) is 3.28. The lowest BCUT2D eigenvalue weighted by Crippen LogP contribution is -2.28. The molecule has 0 radical (unpaired) electrons. The van der Waals surface area contributed by atoms with Crippen LogP contribution in [0.3, 0.4) is 0 Å². The van der Waals surface area contributed by atoms with Gasteiger partial charge < -0.3 is 5.32 Å². The molecule has 0 spiro atoms. The normalized spacial score (nSPS) is 19.6. The lowest BCUT2D eigenvalue weighted by Gasteiger charge is -2.32. The van der Waals surface area contributed by atoms with E-state index in [2.05, 4.69) is 59.6 Å². The van der Waals surface area contributed by atoms with Crippen LogP contribution in [0.25, 0.3) is 0 Å². The Bertz CT molecular complexity index is 869. The fourth-order valence-corrected chi connectivity index (χ4v) is 3.41. The van der Waals surface area contributed by atoms with Crippen molar-refractivity contribution in [3.05, 3.63) is 76.1 Å². The quantitative estimate of drug-likeness (QED) is 0.736. The van der Waals surface area contributed by atoms with E-state index < -0.39 is 0 Å². The zero-order valence-corrected chi connectivity index (χ0v) is 14.5. The van der Waals surface area contributed by atoms with Crippen molar-refractivity contribution in [2.75, 3.05) is 5.32 Å². The van der Waals surface area contributed by atoms with Gasteiger partial charge in [-0.15, -0.1) is 0 Å². The molecule has 0 amide bonds. The second kappa shape index (κ2) is 5.95. The van der Waals surface area contributed by atoms with Gasteiger partial charge in [-0.05, 0) is 54.7 Å². The number of benzene rings is 2. The fraction of sp³-hybridized carbons (Fsp3) is 0.263. The van der Waals surface area contributed by atoms with Crippen LogP contribution >= 0.6 is 11.6 Å². The zero-order chi connectivity index (χ0) is 16.7. The van der Waals surface area contributed by atoms with Crippen LogP contribution in [-0.2, 0) is 0 Å². The summed E-state index contributed by atoms with van der Waals surface area (Å²) in [5.41, 5.74) is 5.10. The highest BCUT2D eigenvalue weighted by molar-refractivity contribution is 6.30. The Morgan fingerprint density at radius 1 is 1.04 bits per heavy atom. The van der Waals surface area contributed by atoms with Gasteiger partial charge in [0.15, 0.2) is 0 Å². The molecule has 2 aromatic carbocycles. The molecule has 0 unspecified atom stereocenters. The molecule has 1 aromatic heterocycles. The van der Waals surface area contributed by atoms with E-state index in [1.54, 1.807) is 6.33 Å². The molecule has 0 bridgehead atoms. The van der Waals surface area contributed by atoms with Crippen LogP contribution in [0.4, 0.5) is 5.95 Å². The Kier molecular flexibility index (Phi) is 3.77. The van der Waals surface area contributed by atoms with Gasteiger partial charge in [-0.2, -0.15) is 10.1 Å². The molecule has 24 heavy (non-hydrogen) atoms. The van der Waals surface area contributed by atoms with E-state index in [9.17, 15) is 0 Å². The van der Waals surface area contributed by atoms with Gasteiger partial charge in [0, 0.05) is 5.02 Å². The van der Waals surface area contributed by atoms with Crippen molar-refractivity contribution in [2.24, 2.45) is 0 Å². The highest BCUT2D eigenvalue weighted by Crippen LogP contribution is 2.37. The van der Waals surface area contributed by atoms with Gasteiger partial charge in [0.2, 0.25) is 5.95 Å². The SMILES string of the molecule is Cc1ccc([C@H]2C[C@@H](c3ccc(Cl)cc3)n3ncnc3N2)cc1C. The third-order valence-corrected chi connectivity index (χ3v) is 5.07. The number of aromatic nitrogens is 3. The molecule has 1 aliphatic heterocycles. The number of halogens is 1. The van der Waals surface area contributed by atoms with Gasteiger partial charge in [0.05, 0.1) is 12.1 Å². The first kappa shape index (κ1) is 15.2. The van der Waals surface area contributed by atoms with E-state index in [1.807, 2.05) is 16.8 Å². The minimum absolute atomic E-state index is 0.146. The predicted octanol–water partition coefficient (Wildman–Crippen LogP) is 4.69. The van der Waals surface area contributed by atoms with Gasteiger partial charge in [0.1, 0.15) is 6.33 Å². The average Bonchev–Trinajstić information content (AvgIpc) is 3.06. The molecule has 4 nitrogen and oxygen atoms in total. The number of nitrogens with zero attached hydrogens (tertiary/aromatic N) is 3. The van der Waals surface area contributed by atoms with E-state index in [0.29, 0.717) is 0 Å². The molecular formula is C19H19ClN4. The van der Waals surface area contributed by atoms with Gasteiger partial charge in [-0.3, -0.25) is 0 Å². The Morgan fingerprint density at radius 3 is 2.54 bits per heavy atom. The van der Waals surface area contributed by atoms with Crippen molar-refractivity contribution in [1.29, 1.82) is 0 Å². The summed E-state index contributed by atoms with van der Waals surface area (Å²) < 4.78 is 1.96. The minimum atomic E-state index is 0.146. The molecule has 5 heteroatoms. The molecule has 1 aliphatic rings. The number of rotatable bonds is 2. The van der Waals surface area contributed by atoms with Crippen LogP contribution in [0.1, 0.15) is 40.8 Å². The first-order valence-corrected chi connectivity index (χ1v) is 8.48. The minimum Gasteiger partial charge on any atom is -0.348 e. The standard InChI is InChI=1S/C19H19ClN4/c1-12-3-4-15(9-13(12)2)17-10-18(14-5-7-16(20)8-6-14)24-19(23-17)21-11-22-24/h3-9,11,17-18H,10H2,1-2H3,(H,21,22,23)/t17-,18+/m1/s1. The number of hydrogen-bond donors (Lipinski definition) is 1. The van der Waals surface area contributed by atoms with Crippen molar-refractivity contribution in [1.82, 2.24) is 14.8 Å². The monoisotopic (exact) mass is 338 g/mol. The van der Waals surface area contributed by atoms with Gasteiger partial charge in [0.25, 0.3) is 0 Å². The number of fused-ring (bicyclic) bond motifs is 1. The highest BCUT2D eigenvalue weighted by Gasteiger charge is 2.29. The summed E-state index contributed by atoms with van der Waals surface area (Å²) >= 11 is 6.04. The van der Waals surface area contributed by atoms with Crippen LogP contribution in [0, 0.1) is 13.8 Å². The Labute approximate surface area is 146 Å². The summed E-state index contributed by atoms with van der Waals surface area (Å²) in [7, 11) is 0. The molecule has 122 valence electrons. The summed E-state index contributed by atoms with van der Waals surface area (Å²) in [6, 6.07) is 15.0. The molecule has 2 atom stereocenters. The molecule has 0 saturated heterocycles. The lowest BCUT2D eigenvalue weighted by atomic mass is 9.92. The highest BCUT2D eigenvalue weighted by atomic mass is 35.5. The smallest absolute Gasteiger partial charge is 0.222 e. The summed E-state index contributed by atoms with van der Waals surface area (Å²) in [5, 5.41) is 8.67. The topological polar surface area (TPSA) is 42.7 Å². The molecule has 4 rings (SSSR count). The van der Waals surface area contributed by atoms with E-state index in [0.717, 1.165) is 17.4 Å². The van der Waals surface area contributed by atoms with E-state index in [4.69, 9.17) is 11.6 Å². The van der Waals surface area contributed by atoms with Crippen molar-refractivity contribution in [3.63, 3.8) is 0 Å². The molecule has 0 saturated carbocycles. The number of anilines is 1. The Hall–Kier alpha value is -2.33. The lowest BCUT2D eigenvalue weighted by molar-refractivity contribution is 0.431. The maximum Gasteiger partial charge on any atom is 0.222 e. The van der Waals surface area contributed by atoms with Crippen LogP contribution in [0.15, 0.2) is 48.8 Å². The first-order chi connectivity index (χ1) is 11.6. The average molecular weight is 339 g/mol. The summed E-state index contributed by atoms with van der Waals surface area (Å²) in [4.78, 5) is 4.38. The Morgan fingerprint density at radius 2 is 1.79 bits per heavy atom. The van der Waals surface area contributed by atoms with Crippen molar-refractivity contribution >= 4 is 17.5 Å². The molecule has 0 aliphatic carbocycles. The number of nitrogens with one attached hydrogen (secondary N) is 1. The second-order valence-corrected chi connectivity index (χ2v) is 6.81. The van der Waals surface area contributed by atoms with Gasteiger partial charge >= 0.3 is 0 Å². The zero-order valence-electron chi connectivity index (χ0n) is 13.7. The largest absolute Gasteiger partial charge is 0.348 e. The van der Waals surface area contributed by atoms with Crippen LogP contribution in [-0.4, -0.2) is 14.8 Å². The first-order valence-electron chi connectivity index (χ1n) is 8.10. The summed E-state index contributed by atoms with van der Waals surface area (Å²) in [6.45, 7) is 4.29. The van der Waals surface area contributed by atoms with Crippen LogP contribution in [0.2, 0.25) is 5.02 Å².